The van der Waals surface area contributed by atoms with E-state index in [1.54, 1.807) is 30.5 Å². The van der Waals surface area contributed by atoms with Crippen LogP contribution in [0.15, 0.2) is 72.9 Å². The summed E-state index contributed by atoms with van der Waals surface area (Å²) in [6.45, 7) is 3.74. The van der Waals surface area contributed by atoms with Gasteiger partial charge in [0.1, 0.15) is 5.82 Å². The molecule has 26 heavy (non-hydrogen) atoms. The molecule has 4 nitrogen and oxygen atoms in total. The molecule has 132 valence electrons. The van der Waals surface area contributed by atoms with Gasteiger partial charge < -0.3 is 10.2 Å². The topological polar surface area (TPSA) is 45.2 Å². The summed E-state index contributed by atoms with van der Waals surface area (Å²) < 4.78 is 0. The van der Waals surface area contributed by atoms with Gasteiger partial charge in [-0.1, -0.05) is 41.9 Å². The van der Waals surface area contributed by atoms with Gasteiger partial charge in [0.05, 0.1) is 11.9 Å². The largest absolute Gasteiger partial charge is 0.353 e. The maximum Gasteiger partial charge on any atom is 0.255 e. The Labute approximate surface area is 158 Å². The average Bonchev–Trinajstić information content (AvgIpc) is 2.68. The highest BCUT2D eigenvalue weighted by molar-refractivity contribution is 6.30. The molecule has 0 fully saturated rings. The SMILES string of the molecule is CCN(Cc1ccccc1)c1ccc(NC(=O)c2ccc(Cl)cc2)cn1. The smallest absolute Gasteiger partial charge is 0.255 e. The molecule has 0 atom stereocenters. The Hall–Kier alpha value is -2.85. The van der Waals surface area contributed by atoms with E-state index in [1.165, 1.54) is 5.56 Å². The molecule has 3 rings (SSSR count). The zero-order valence-corrected chi connectivity index (χ0v) is 15.3. The Bertz CT molecular complexity index is 849. The summed E-state index contributed by atoms with van der Waals surface area (Å²) in [5.41, 5.74) is 2.44. The second-order valence-corrected chi connectivity index (χ2v) is 6.30. The number of nitrogens with one attached hydrogen (secondary N) is 1. The predicted octanol–water partition coefficient (Wildman–Crippen LogP) is 5.01. The first kappa shape index (κ1) is 18.0. The van der Waals surface area contributed by atoms with Crippen LogP contribution >= 0.6 is 11.6 Å². The molecular formula is C21H20ClN3O. The molecule has 0 unspecified atom stereocenters. The third-order valence-electron chi connectivity index (χ3n) is 4.03. The fourth-order valence-electron chi connectivity index (χ4n) is 2.61. The highest BCUT2D eigenvalue weighted by Crippen LogP contribution is 2.18. The van der Waals surface area contributed by atoms with Crippen molar-refractivity contribution >= 4 is 29.0 Å². The van der Waals surface area contributed by atoms with Crippen molar-refractivity contribution in [3.63, 3.8) is 0 Å². The molecule has 1 heterocycles. The van der Waals surface area contributed by atoms with Gasteiger partial charge in [0.15, 0.2) is 0 Å². The quantitative estimate of drug-likeness (QED) is 0.667. The molecule has 1 N–H and O–H groups in total. The maximum atomic E-state index is 12.2. The number of rotatable bonds is 6. The van der Waals surface area contributed by atoms with Crippen molar-refractivity contribution in [1.82, 2.24) is 4.98 Å². The van der Waals surface area contributed by atoms with Gasteiger partial charge in [0.25, 0.3) is 5.91 Å². The summed E-state index contributed by atoms with van der Waals surface area (Å²) in [5.74, 6) is 0.689. The molecule has 0 saturated heterocycles. The Morgan fingerprint density at radius 3 is 2.38 bits per heavy atom. The lowest BCUT2D eigenvalue weighted by atomic mass is 10.2. The number of benzene rings is 2. The monoisotopic (exact) mass is 365 g/mol. The molecular weight excluding hydrogens is 346 g/mol. The number of carbonyl (C=O) groups is 1. The van der Waals surface area contributed by atoms with E-state index in [2.05, 4.69) is 34.3 Å². The summed E-state index contributed by atoms with van der Waals surface area (Å²) in [5, 5.41) is 3.45. The van der Waals surface area contributed by atoms with Gasteiger partial charge in [-0.05, 0) is 48.9 Å². The van der Waals surface area contributed by atoms with Crippen molar-refractivity contribution in [1.29, 1.82) is 0 Å². The first-order valence-corrected chi connectivity index (χ1v) is 8.85. The van der Waals surface area contributed by atoms with Crippen molar-refractivity contribution in [2.24, 2.45) is 0 Å². The number of anilines is 2. The minimum atomic E-state index is -0.187. The zero-order chi connectivity index (χ0) is 18.4. The van der Waals surface area contributed by atoms with Crippen molar-refractivity contribution in [2.75, 3.05) is 16.8 Å². The van der Waals surface area contributed by atoms with Crippen LogP contribution in [0.3, 0.4) is 0 Å². The number of amides is 1. The Kier molecular flexibility index (Phi) is 5.87. The Morgan fingerprint density at radius 2 is 1.77 bits per heavy atom. The molecule has 1 aromatic heterocycles. The second-order valence-electron chi connectivity index (χ2n) is 5.87. The molecule has 0 spiro atoms. The van der Waals surface area contributed by atoms with E-state index < -0.39 is 0 Å². The fraction of sp³-hybridized carbons (Fsp3) is 0.143. The van der Waals surface area contributed by atoms with E-state index in [1.807, 2.05) is 30.3 Å². The van der Waals surface area contributed by atoms with E-state index in [0.717, 1.165) is 18.9 Å². The minimum Gasteiger partial charge on any atom is -0.353 e. The van der Waals surface area contributed by atoms with E-state index in [4.69, 9.17) is 11.6 Å². The van der Waals surface area contributed by atoms with Crippen LogP contribution in [0, 0.1) is 0 Å². The normalized spacial score (nSPS) is 10.4. The van der Waals surface area contributed by atoms with Crippen molar-refractivity contribution in [3.8, 4) is 0 Å². The highest BCUT2D eigenvalue weighted by atomic mass is 35.5. The summed E-state index contributed by atoms with van der Waals surface area (Å²) in [6, 6.07) is 20.8. The third kappa shape index (κ3) is 4.61. The molecule has 0 saturated carbocycles. The minimum absolute atomic E-state index is 0.187. The third-order valence-corrected chi connectivity index (χ3v) is 4.29. The van der Waals surface area contributed by atoms with Crippen LogP contribution in [0.5, 0.6) is 0 Å². The number of aromatic nitrogens is 1. The van der Waals surface area contributed by atoms with Crippen LogP contribution in [0.2, 0.25) is 5.02 Å². The number of hydrogen-bond donors (Lipinski definition) is 1. The van der Waals surface area contributed by atoms with Crippen LogP contribution in [-0.2, 0) is 6.54 Å². The lowest BCUT2D eigenvalue weighted by Gasteiger charge is -2.22. The van der Waals surface area contributed by atoms with Crippen LogP contribution in [0.25, 0.3) is 0 Å². The van der Waals surface area contributed by atoms with E-state index in [9.17, 15) is 4.79 Å². The van der Waals surface area contributed by atoms with Gasteiger partial charge >= 0.3 is 0 Å². The van der Waals surface area contributed by atoms with Gasteiger partial charge in [-0.2, -0.15) is 0 Å². The Morgan fingerprint density at radius 1 is 1.04 bits per heavy atom. The Balaban J connectivity index is 1.67. The highest BCUT2D eigenvalue weighted by Gasteiger charge is 2.09. The fourth-order valence-corrected chi connectivity index (χ4v) is 2.74. The molecule has 0 bridgehead atoms. The summed E-state index contributed by atoms with van der Waals surface area (Å²) in [6.07, 6.45) is 1.68. The van der Waals surface area contributed by atoms with Crippen LogP contribution in [0.1, 0.15) is 22.8 Å². The maximum absolute atomic E-state index is 12.2. The average molecular weight is 366 g/mol. The molecule has 5 heteroatoms. The van der Waals surface area contributed by atoms with E-state index in [0.29, 0.717) is 16.3 Å². The standard InChI is InChI=1S/C21H20ClN3O/c1-2-25(15-16-6-4-3-5-7-16)20-13-12-19(14-23-20)24-21(26)17-8-10-18(22)11-9-17/h3-14H,2,15H2,1H3,(H,24,26). The first-order valence-electron chi connectivity index (χ1n) is 8.47. The van der Waals surface area contributed by atoms with E-state index >= 15 is 0 Å². The molecule has 0 aliphatic heterocycles. The molecule has 1 amide bonds. The van der Waals surface area contributed by atoms with Gasteiger partial charge in [-0.3, -0.25) is 4.79 Å². The molecule has 2 aromatic carbocycles. The zero-order valence-electron chi connectivity index (χ0n) is 14.5. The lowest BCUT2D eigenvalue weighted by molar-refractivity contribution is 0.102. The summed E-state index contributed by atoms with van der Waals surface area (Å²) >= 11 is 5.85. The number of carbonyl (C=O) groups excluding carboxylic acids is 1. The van der Waals surface area contributed by atoms with Crippen molar-refractivity contribution in [2.45, 2.75) is 13.5 Å². The molecule has 0 radical (unpaired) electrons. The number of halogens is 1. The molecule has 0 aliphatic rings. The van der Waals surface area contributed by atoms with Crippen LogP contribution < -0.4 is 10.2 Å². The van der Waals surface area contributed by atoms with Crippen molar-refractivity contribution < 1.29 is 4.79 Å². The van der Waals surface area contributed by atoms with E-state index in [-0.39, 0.29) is 5.91 Å². The summed E-state index contributed by atoms with van der Waals surface area (Å²) in [7, 11) is 0. The summed E-state index contributed by atoms with van der Waals surface area (Å²) in [4.78, 5) is 18.9. The van der Waals surface area contributed by atoms with Gasteiger partial charge in [0, 0.05) is 23.7 Å². The lowest BCUT2D eigenvalue weighted by Crippen LogP contribution is -2.23. The van der Waals surface area contributed by atoms with Gasteiger partial charge in [-0.15, -0.1) is 0 Å². The van der Waals surface area contributed by atoms with Crippen LogP contribution in [0.4, 0.5) is 11.5 Å². The predicted molar refractivity (Wildman–Crippen MR) is 107 cm³/mol. The van der Waals surface area contributed by atoms with Crippen molar-refractivity contribution in [3.05, 3.63) is 89.1 Å². The number of pyridine rings is 1. The molecule has 3 aromatic rings. The molecule has 0 aliphatic carbocycles. The van der Waals surface area contributed by atoms with Gasteiger partial charge in [-0.25, -0.2) is 4.98 Å². The van der Waals surface area contributed by atoms with Gasteiger partial charge in [0.2, 0.25) is 0 Å². The second kappa shape index (κ2) is 8.50. The number of hydrogen-bond acceptors (Lipinski definition) is 3. The first-order chi connectivity index (χ1) is 12.7. The number of nitrogens with zero attached hydrogens (tertiary/aromatic N) is 2. The van der Waals surface area contributed by atoms with Crippen LogP contribution in [-0.4, -0.2) is 17.4 Å².